The first-order chi connectivity index (χ1) is 13.4. The Hall–Kier alpha value is -2.77. The number of hydrogen-bond acceptors (Lipinski definition) is 4. The van der Waals surface area contributed by atoms with Gasteiger partial charge in [-0.3, -0.25) is 9.59 Å². The number of nitrogens with zero attached hydrogens (tertiary/aromatic N) is 1. The van der Waals surface area contributed by atoms with Crippen LogP contribution in [0.15, 0.2) is 53.9 Å². The maximum atomic E-state index is 13.3. The van der Waals surface area contributed by atoms with E-state index in [1.54, 1.807) is 11.4 Å². The van der Waals surface area contributed by atoms with Gasteiger partial charge in [0.05, 0.1) is 23.1 Å². The highest BCUT2D eigenvalue weighted by Crippen LogP contribution is 2.28. The molecule has 1 aromatic heterocycles. The summed E-state index contributed by atoms with van der Waals surface area (Å²) in [4.78, 5) is 28.1. The van der Waals surface area contributed by atoms with Gasteiger partial charge in [-0.25, -0.2) is 9.37 Å². The number of benzene rings is 2. The van der Waals surface area contributed by atoms with Crippen LogP contribution in [0.1, 0.15) is 12.0 Å². The van der Waals surface area contributed by atoms with E-state index >= 15 is 0 Å². The zero-order valence-electron chi connectivity index (χ0n) is 14.6. The van der Waals surface area contributed by atoms with Crippen molar-refractivity contribution in [3.8, 4) is 11.3 Å². The van der Waals surface area contributed by atoms with E-state index in [0.717, 1.165) is 5.56 Å². The van der Waals surface area contributed by atoms with Crippen LogP contribution in [0.3, 0.4) is 0 Å². The Morgan fingerprint density at radius 1 is 1.21 bits per heavy atom. The lowest BCUT2D eigenvalue weighted by Crippen LogP contribution is -2.27. The first-order valence-electron chi connectivity index (χ1n) is 8.40. The van der Waals surface area contributed by atoms with E-state index in [-0.39, 0.29) is 11.4 Å². The molecule has 0 saturated carbocycles. The molecule has 3 aromatic rings. The lowest BCUT2D eigenvalue weighted by atomic mass is 9.95. The van der Waals surface area contributed by atoms with Gasteiger partial charge in [0.2, 0.25) is 5.91 Å². The van der Waals surface area contributed by atoms with Gasteiger partial charge in [-0.05, 0) is 30.2 Å². The average molecular weight is 419 g/mol. The lowest BCUT2D eigenvalue weighted by Gasteiger charge is -2.14. The van der Waals surface area contributed by atoms with Crippen LogP contribution in [0, 0.1) is 11.7 Å². The molecule has 0 aliphatic heterocycles. The number of halogens is 2. The van der Waals surface area contributed by atoms with Crippen LogP contribution in [0.25, 0.3) is 11.3 Å². The van der Waals surface area contributed by atoms with E-state index in [1.165, 1.54) is 23.5 Å². The Balaban J connectivity index is 1.73. The number of thiazole rings is 1. The van der Waals surface area contributed by atoms with E-state index < -0.39 is 23.6 Å². The molecule has 0 bridgehead atoms. The summed E-state index contributed by atoms with van der Waals surface area (Å²) < 4.78 is 13.3. The fourth-order valence-corrected chi connectivity index (χ4v) is 3.60. The number of carbonyl (C=O) groups is 2. The van der Waals surface area contributed by atoms with Gasteiger partial charge < -0.3 is 10.4 Å². The van der Waals surface area contributed by atoms with Gasteiger partial charge in [0.25, 0.3) is 0 Å². The van der Waals surface area contributed by atoms with E-state index in [9.17, 15) is 14.0 Å². The van der Waals surface area contributed by atoms with Crippen LogP contribution >= 0.6 is 22.9 Å². The monoisotopic (exact) mass is 418 g/mol. The predicted octanol–water partition coefficient (Wildman–Crippen LogP) is 4.87. The fraction of sp³-hybridized carbons (Fsp3) is 0.150. The van der Waals surface area contributed by atoms with Gasteiger partial charge in [0, 0.05) is 10.9 Å². The van der Waals surface area contributed by atoms with Gasteiger partial charge in [-0.15, -0.1) is 11.3 Å². The van der Waals surface area contributed by atoms with Crippen LogP contribution in [0.5, 0.6) is 0 Å². The third-order valence-electron chi connectivity index (χ3n) is 4.07. The maximum Gasteiger partial charge on any atom is 0.304 e. The molecule has 0 unspecified atom stereocenters. The minimum atomic E-state index is -1.04. The lowest BCUT2D eigenvalue weighted by molar-refractivity contribution is -0.140. The average Bonchev–Trinajstić information content (AvgIpc) is 3.12. The van der Waals surface area contributed by atoms with Crippen LogP contribution in [0.2, 0.25) is 5.02 Å². The minimum absolute atomic E-state index is 0.0135. The molecular weight excluding hydrogens is 403 g/mol. The molecule has 0 aliphatic carbocycles. The normalized spacial score (nSPS) is 11.8. The van der Waals surface area contributed by atoms with Crippen molar-refractivity contribution in [3.63, 3.8) is 0 Å². The first-order valence-corrected chi connectivity index (χ1v) is 9.65. The summed E-state index contributed by atoms with van der Waals surface area (Å²) in [7, 11) is 0. The zero-order chi connectivity index (χ0) is 20.1. The van der Waals surface area contributed by atoms with Gasteiger partial charge in [-0.1, -0.05) is 41.9 Å². The van der Waals surface area contributed by atoms with Crippen molar-refractivity contribution in [2.45, 2.75) is 12.8 Å². The van der Waals surface area contributed by atoms with Crippen LogP contribution in [0.4, 0.5) is 9.52 Å². The van der Waals surface area contributed by atoms with E-state index in [2.05, 4.69) is 10.3 Å². The Kier molecular flexibility index (Phi) is 6.38. The highest BCUT2D eigenvalue weighted by molar-refractivity contribution is 7.14. The summed E-state index contributed by atoms with van der Waals surface area (Å²) in [5, 5.41) is 13.9. The van der Waals surface area contributed by atoms with Crippen LogP contribution < -0.4 is 5.32 Å². The molecule has 0 fully saturated rings. The minimum Gasteiger partial charge on any atom is -0.481 e. The number of rotatable bonds is 7. The predicted molar refractivity (Wildman–Crippen MR) is 107 cm³/mol. The molecule has 5 nitrogen and oxygen atoms in total. The summed E-state index contributed by atoms with van der Waals surface area (Å²) in [6.07, 6.45) is 0.0251. The van der Waals surface area contributed by atoms with Crippen LogP contribution in [-0.2, 0) is 16.0 Å². The van der Waals surface area contributed by atoms with E-state index in [0.29, 0.717) is 22.8 Å². The number of carboxylic acid groups (broad SMARTS) is 1. The van der Waals surface area contributed by atoms with Gasteiger partial charge in [0.15, 0.2) is 5.13 Å². The standard InChI is InChI=1S/C20H16ClFN2O3S/c21-15-9-13(6-7-16(15)22)17-11-28-20(23-17)24-19(27)14(10-18(25)26)8-12-4-2-1-3-5-12/h1-7,9,11,14H,8,10H2,(H,25,26)(H,23,24,27)/t14-/m1/s1. The number of aliphatic carboxylic acids is 1. The molecule has 1 heterocycles. The fourth-order valence-electron chi connectivity index (χ4n) is 2.69. The number of amides is 1. The number of carbonyl (C=O) groups excluding carboxylic acids is 1. The molecule has 1 amide bonds. The molecular formula is C20H16ClFN2O3S. The largest absolute Gasteiger partial charge is 0.481 e. The molecule has 144 valence electrons. The third-order valence-corrected chi connectivity index (χ3v) is 5.11. The van der Waals surface area contributed by atoms with Gasteiger partial charge in [-0.2, -0.15) is 0 Å². The Bertz CT molecular complexity index is 994. The van der Waals surface area contributed by atoms with E-state index in [1.807, 2.05) is 30.3 Å². The zero-order valence-corrected chi connectivity index (χ0v) is 16.1. The summed E-state index contributed by atoms with van der Waals surface area (Å²) >= 11 is 7.00. The second kappa shape index (κ2) is 8.95. The van der Waals surface area contributed by atoms with Gasteiger partial charge in [0.1, 0.15) is 5.82 Å². The summed E-state index contributed by atoms with van der Waals surface area (Å²) in [6.45, 7) is 0. The molecule has 28 heavy (non-hydrogen) atoms. The highest BCUT2D eigenvalue weighted by Gasteiger charge is 2.23. The highest BCUT2D eigenvalue weighted by atomic mass is 35.5. The number of anilines is 1. The van der Waals surface area contributed by atoms with Crippen molar-refractivity contribution in [1.82, 2.24) is 4.98 Å². The molecule has 2 N–H and O–H groups in total. The van der Waals surface area contributed by atoms with Crippen molar-refractivity contribution >= 4 is 39.9 Å². The second-order valence-corrected chi connectivity index (χ2v) is 7.41. The van der Waals surface area contributed by atoms with E-state index in [4.69, 9.17) is 16.7 Å². The Morgan fingerprint density at radius 2 is 1.96 bits per heavy atom. The van der Waals surface area contributed by atoms with Crippen molar-refractivity contribution in [1.29, 1.82) is 0 Å². The van der Waals surface area contributed by atoms with Crippen LogP contribution in [-0.4, -0.2) is 22.0 Å². The molecule has 2 aromatic carbocycles. The summed E-state index contributed by atoms with van der Waals surface area (Å²) in [5.74, 6) is -2.71. The SMILES string of the molecule is O=C(O)C[C@@H](Cc1ccccc1)C(=O)Nc1nc(-c2ccc(F)c(Cl)c2)cs1. The molecule has 0 aliphatic rings. The smallest absolute Gasteiger partial charge is 0.304 e. The topological polar surface area (TPSA) is 79.3 Å². The van der Waals surface area contributed by atoms with Gasteiger partial charge >= 0.3 is 5.97 Å². The molecule has 1 atom stereocenters. The second-order valence-electron chi connectivity index (χ2n) is 6.14. The summed E-state index contributed by atoms with van der Waals surface area (Å²) in [6, 6.07) is 13.5. The van der Waals surface area contributed by atoms with Crippen molar-refractivity contribution < 1.29 is 19.1 Å². The Labute approximate surface area is 169 Å². The first kappa shape index (κ1) is 20.0. The molecule has 3 rings (SSSR count). The number of aromatic nitrogens is 1. The third kappa shape index (κ3) is 5.15. The maximum absolute atomic E-state index is 13.3. The molecule has 0 radical (unpaired) electrons. The van der Waals surface area contributed by atoms with Crippen molar-refractivity contribution in [2.75, 3.05) is 5.32 Å². The quantitative estimate of drug-likeness (QED) is 0.573. The molecule has 0 spiro atoms. The number of hydrogen-bond donors (Lipinski definition) is 2. The summed E-state index contributed by atoms with van der Waals surface area (Å²) in [5.41, 5.74) is 2.04. The molecule has 8 heteroatoms. The Morgan fingerprint density at radius 3 is 2.64 bits per heavy atom. The number of nitrogens with one attached hydrogen (secondary N) is 1. The van der Waals surface area contributed by atoms with Crippen molar-refractivity contribution in [3.05, 3.63) is 70.3 Å². The van der Waals surface area contributed by atoms with Crippen molar-refractivity contribution in [2.24, 2.45) is 5.92 Å². The number of carboxylic acids is 1. The molecule has 0 saturated heterocycles.